The van der Waals surface area contributed by atoms with E-state index in [9.17, 15) is 13.2 Å². The summed E-state index contributed by atoms with van der Waals surface area (Å²) in [7, 11) is -3.49. The molecule has 1 amide bonds. The van der Waals surface area contributed by atoms with Crippen LogP contribution >= 0.6 is 11.6 Å². The van der Waals surface area contributed by atoms with E-state index in [0.29, 0.717) is 46.1 Å². The molecule has 1 spiro atoms. The van der Waals surface area contributed by atoms with Gasteiger partial charge in [0.1, 0.15) is 11.1 Å². The molecule has 176 valence electrons. The second-order valence-corrected chi connectivity index (χ2v) is 12.0. The van der Waals surface area contributed by atoms with Crippen molar-refractivity contribution in [3.8, 4) is 5.88 Å². The van der Waals surface area contributed by atoms with Crippen LogP contribution in [0.3, 0.4) is 0 Å². The second kappa shape index (κ2) is 6.85. The quantitative estimate of drug-likeness (QED) is 0.532. The zero-order valence-corrected chi connectivity index (χ0v) is 19.7. The van der Waals surface area contributed by atoms with Gasteiger partial charge < -0.3 is 9.26 Å². The fraction of sp³-hybridized carbons (Fsp3) is 0.435. The highest BCUT2D eigenvalue weighted by Gasteiger charge is 2.60. The van der Waals surface area contributed by atoms with Crippen LogP contribution in [-0.2, 0) is 20.2 Å². The molecule has 2 aromatic heterocycles. The van der Waals surface area contributed by atoms with Crippen LogP contribution in [0.1, 0.15) is 50.5 Å². The van der Waals surface area contributed by atoms with Crippen LogP contribution in [0.5, 0.6) is 5.88 Å². The smallest absolute Gasteiger partial charge is 0.242 e. The van der Waals surface area contributed by atoms with E-state index in [1.807, 2.05) is 6.07 Å². The number of nitrogens with one attached hydrogen (secondary N) is 1. The molecule has 9 nitrogen and oxygen atoms in total. The largest absolute Gasteiger partial charge is 0.473 e. The molecule has 0 radical (unpaired) electrons. The lowest BCUT2D eigenvalue weighted by molar-refractivity contribution is -0.119. The number of hydrogen-bond donors (Lipinski definition) is 1. The number of anilines is 3. The van der Waals surface area contributed by atoms with Crippen molar-refractivity contribution in [2.75, 3.05) is 9.62 Å². The third-order valence-electron chi connectivity index (χ3n) is 7.29. The first-order valence-corrected chi connectivity index (χ1v) is 13.4. The number of amides is 1. The number of carbonyl (C=O) groups is 1. The van der Waals surface area contributed by atoms with Gasteiger partial charge >= 0.3 is 0 Å². The van der Waals surface area contributed by atoms with Crippen LogP contribution in [0.2, 0.25) is 5.02 Å². The number of halogens is 1. The van der Waals surface area contributed by atoms with Gasteiger partial charge in [0, 0.05) is 6.07 Å². The molecule has 7 rings (SSSR count). The third kappa shape index (κ3) is 2.97. The molecule has 1 N–H and O–H groups in total. The Morgan fingerprint density at radius 3 is 2.62 bits per heavy atom. The van der Waals surface area contributed by atoms with E-state index in [1.165, 1.54) is 0 Å². The van der Waals surface area contributed by atoms with Crippen molar-refractivity contribution < 1.29 is 22.5 Å². The molecule has 3 heterocycles. The van der Waals surface area contributed by atoms with Gasteiger partial charge in [0.05, 0.1) is 33.6 Å². The van der Waals surface area contributed by atoms with Crippen molar-refractivity contribution in [1.29, 1.82) is 0 Å². The highest BCUT2D eigenvalue weighted by molar-refractivity contribution is 7.93. The minimum Gasteiger partial charge on any atom is -0.473 e. The topological polar surface area (TPSA) is 115 Å². The van der Waals surface area contributed by atoms with Crippen LogP contribution in [0.25, 0.3) is 11.0 Å². The number of sulfonamides is 1. The maximum atomic E-state index is 13.6. The molecule has 4 aliphatic rings. The number of carbonyl (C=O) groups excluding carboxylic acids is 1. The van der Waals surface area contributed by atoms with E-state index in [-0.39, 0.29) is 23.1 Å². The number of benzene rings is 1. The number of rotatable bonds is 6. The molecule has 11 heteroatoms. The lowest BCUT2D eigenvalue weighted by Gasteiger charge is -2.26. The molecular formula is C23H21ClN4O5S. The Hall–Kier alpha value is -2.85. The summed E-state index contributed by atoms with van der Waals surface area (Å²) < 4.78 is 38.7. The fourth-order valence-corrected chi connectivity index (χ4v) is 6.33. The van der Waals surface area contributed by atoms with Crippen molar-refractivity contribution in [2.24, 2.45) is 0 Å². The van der Waals surface area contributed by atoms with Crippen LogP contribution < -0.4 is 14.4 Å². The molecule has 0 saturated heterocycles. The normalized spacial score (nSPS) is 21.1. The fourth-order valence-electron chi connectivity index (χ4n) is 4.79. The summed E-state index contributed by atoms with van der Waals surface area (Å²) in [6.45, 7) is 0. The predicted molar refractivity (Wildman–Crippen MR) is 125 cm³/mol. The Kier molecular flexibility index (Phi) is 4.13. The summed E-state index contributed by atoms with van der Waals surface area (Å²) in [5.74, 6) is 0.490. The van der Waals surface area contributed by atoms with Gasteiger partial charge in [0.25, 0.3) is 0 Å². The average Bonchev–Trinajstić information content (AvgIpc) is 3.68. The van der Waals surface area contributed by atoms with Crippen LogP contribution in [0.4, 0.5) is 17.2 Å². The SMILES string of the molecule is O=C1N(c2cnc(OC3CCC3)c(Cl)c2)c2cc3onc(NS(=O)(=O)C4CC4)c3cc2C12CC2. The Morgan fingerprint density at radius 2 is 1.97 bits per heavy atom. The zero-order valence-electron chi connectivity index (χ0n) is 18.1. The van der Waals surface area contributed by atoms with E-state index in [2.05, 4.69) is 14.9 Å². The van der Waals surface area contributed by atoms with Gasteiger partial charge in [-0.2, -0.15) is 0 Å². The molecule has 3 saturated carbocycles. The average molecular weight is 501 g/mol. The summed E-state index contributed by atoms with van der Waals surface area (Å²) in [5.41, 5.74) is 1.83. The van der Waals surface area contributed by atoms with Gasteiger partial charge in [-0.25, -0.2) is 13.4 Å². The molecule has 3 aromatic rings. The number of pyridine rings is 1. The first kappa shape index (κ1) is 20.5. The first-order chi connectivity index (χ1) is 16.4. The van der Waals surface area contributed by atoms with E-state index in [0.717, 1.165) is 37.7 Å². The van der Waals surface area contributed by atoms with E-state index >= 15 is 0 Å². The molecule has 0 atom stereocenters. The van der Waals surface area contributed by atoms with Gasteiger partial charge in [-0.05, 0) is 62.6 Å². The number of ether oxygens (including phenoxy) is 1. The summed E-state index contributed by atoms with van der Waals surface area (Å²) in [6, 6.07) is 5.27. The highest BCUT2D eigenvalue weighted by Crippen LogP contribution is 2.60. The Morgan fingerprint density at radius 1 is 1.18 bits per heavy atom. The highest BCUT2D eigenvalue weighted by atomic mass is 35.5. The second-order valence-electron chi connectivity index (χ2n) is 9.62. The minimum atomic E-state index is -3.49. The lowest BCUT2D eigenvalue weighted by atomic mass is 9.96. The molecule has 34 heavy (non-hydrogen) atoms. The standard InChI is InChI=1S/C23H21ClN4O5S/c24-17-8-12(11-25-21(17)32-13-2-1-3-13)28-18-10-19-15(9-16(18)23(6-7-23)22(28)29)20(26-33-19)27-34(30,31)14-4-5-14/h8-11,13-14H,1-7H2,(H,26,27). The van der Waals surface area contributed by atoms with Crippen molar-refractivity contribution >= 4 is 55.7 Å². The molecule has 1 aromatic carbocycles. The van der Waals surface area contributed by atoms with Crippen LogP contribution in [-0.4, -0.2) is 35.8 Å². The van der Waals surface area contributed by atoms with E-state index in [4.69, 9.17) is 20.9 Å². The molecule has 3 aliphatic carbocycles. The van der Waals surface area contributed by atoms with Crippen molar-refractivity contribution in [1.82, 2.24) is 10.1 Å². The Bertz CT molecular complexity index is 1470. The Balaban J connectivity index is 1.28. The first-order valence-electron chi connectivity index (χ1n) is 11.5. The zero-order chi connectivity index (χ0) is 23.2. The number of fused-ring (bicyclic) bond motifs is 3. The van der Waals surface area contributed by atoms with Crippen LogP contribution in [0, 0.1) is 0 Å². The van der Waals surface area contributed by atoms with E-state index < -0.39 is 15.4 Å². The number of hydrogen-bond acceptors (Lipinski definition) is 7. The summed E-state index contributed by atoms with van der Waals surface area (Å²) in [5, 5.41) is 4.48. The van der Waals surface area contributed by atoms with Gasteiger partial charge in [0.2, 0.25) is 21.8 Å². The molecule has 1 aliphatic heterocycles. The summed E-state index contributed by atoms with van der Waals surface area (Å²) in [4.78, 5) is 19.6. The monoisotopic (exact) mass is 500 g/mol. The van der Waals surface area contributed by atoms with Gasteiger partial charge in [-0.3, -0.25) is 14.4 Å². The van der Waals surface area contributed by atoms with Gasteiger partial charge in [0.15, 0.2) is 11.4 Å². The van der Waals surface area contributed by atoms with Gasteiger partial charge in [-0.15, -0.1) is 0 Å². The lowest BCUT2D eigenvalue weighted by Crippen LogP contribution is -2.28. The molecule has 0 unspecified atom stereocenters. The predicted octanol–water partition coefficient (Wildman–Crippen LogP) is 4.42. The third-order valence-corrected chi connectivity index (χ3v) is 9.39. The van der Waals surface area contributed by atoms with Gasteiger partial charge in [-0.1, -0.05) is 16.8 Å². The van der Waals surface area contributed by atoms with Crippen molar-refractivity contribution in [3.63, 3.8) is 0 Å². The molecular weight excluding hydrogens is 480 g/mol. The maximum absolute atomic E-state index is 13.6. The minimum absolute atomic E-state index is 0.0475. The van der Waals surface area contributed by atoms with E-state index in [1.54, 1.807) is 23.2 Å². The molecule has 0 bridgehead atoms. The number of nitrogens with zero attached hydrogens (tertiary/aromatic N) is 3. The van der Waals surface area contributed by atoms with Crippen LogP contribution in [0.15, 0.2) is 28.9 Å². The molecule has 3 fully saturated rings. The summed E-state index contributed by atoms with van der Waals surface area (Å²) >= 11 is 6.47. The summed E-state index contributed by atoms with van der Waals surface area (Å²) in [6.07, 6.45) is 7.61. The van der Waals surface area contributed by atoms with Crippen molar-refractivity contribution in [3.05, 3.63) is 35.0 Å². The number of aromatic nitrogens is 2. The Labute approximate surface area is 200 Å². The maximum Gasteiger partial charge on any atom is 0.242 e. The van der Waals surface area contributed by atoms with Crippen molar-refractivity contribution in [2.45, 2.75) is 61.7 Å².